The van der Waals surface area contributed by atoms with E-state index in [1.54, 1.807) is 0 Å². The lowest BCUT2D eigenvalue weighted by Gasteiger charge is -2.33. The van der Waals surface area contributed by atoms with Crippen LogP contribution in [-0.2, 0) is 16.9 Å². The van der Waals surface area contributed by atoms with Gasteiger partial charge in [-0.2, -0.15) is 5.10 Å². The van der Waals surface area contributed by atoms with E-state index in [1.807, 2.05) is 0 Å². The zero-order chi connectivity index (χ0) is 15.8. The quantitative estimate of drug-likeness (QED) is 0.917. The van der Waals surface area contributed by atoms with Crippen molar-refractivity contribution in [3.05, 3.63) is 11.9 Å². The first-order valence-corrected chi connectivity index (χ1v) is 8.12. The van der Waals surface area contributed by atoms with Crippen LogP contribution in [0.5, 0.6) is 0 Å². The van der Waals surface area contributed by atoms with Crippen molar-refractivity contribution in [3.8, 4) is 0 Å². The molecule has 5 nitrogen and oxygen atoms in total. The molecule has 1 aliphatic heterocycles. The van der Waals surface area contributed by atoms with Gasteiger partial charge in [-0.15, -0.1) is 0 Å². The van der Waals surface area contributed by atoms with Gasteiger partial charge in [-0.25, -0.2) is 21.6 Å². The fourth-order valence-electron chi connectivity index (χ4n) is 2.61. The molecule has 0 aliphatic carbocycles. The fourth-order valence-corrected chi connectivity index (χ4v) is 4.42. The molecule has 2 heterocycles. The number of hydrogen-bond donors (Lipinski definition) is 1. The first-order chi connectivity index (χ1) is 9.68. The number of halogens is 3. The van der Waals surface area contributed by atoms with Gasteiger partial charge in [0.1, 0.15) is 10.6 Å². The number of hydrogen-bond acceptors (Lipinski definition) is 4. The molecule has 0 aromatic carbocycles. The summed E-state index contributed by atoms with van der Waals surface area (Å²) in [6.07, 6.45) is -1.44. The van der Waals surface area contributed by atoms with Crippen LogP contribution in [0.3, 0.4) is 0 Å². The molecule has 9 heteroatoms. The molecule has 1 saturated heterocycles. The Bertz CT molecular complexity index is 607. The molecule has 0 bridgehead atoms. The van der Waals surface area contributed by atoms with Gasteiger partial charge in [-0.1, -0.05) is 0 Å². The highest BCUT2D eigenvalue weighted by Crippen LogP contribution is 2.40. The van der Waals surface area contributed by atoms with Crippen molar-refractivity contribution >= 4 is 9.84 Å². The first-order valence-electron chi connectivity index (χ1n) is 6.64. The topological polar surface area (TPSA) is 64.0 Å². The predicted octanol–water partition coefficient (Wildman–Crippen LogP) is 1.82. The van der Waals surface area contributed by atoms with Crippen molar-refractivity contribution in [1.29, 1.82) is 0 Å². The summed E-state index contributed by atoms with van der Waals surface area (Å²) in [5, 5.41) is 3.86. The monoisotopic (exact) mass is 325 g/mol. The summed E-state index contributed by atoms with van der Waals surface area (Å²) in [5.74, 6) is -0.727. The van der Waals surface area contributed by atoms with E-state index in [9.17, 15) is 21.6 Å². The number of aromatic nitrogens is 2. The highest BCUT2D eigenvalue weighted by atomic mass is 32.2. The highest BCUT2D eigenvalue weighted by molar-refractivity contribution is 7.92. The molecular formula is C12H18F3N3O2S. The highest BCUT2D eigenvalue weighted by Gasteiger charge is 2.49. The second kappa shape index (κ2) is 5.60. The number of alkyl halides is 3. The molecule has 1 fully saturated rings. The molecule has 1 N–H and O–H groups in total. The zero-order valence-electron chi connectivity index (χ0n) is 11.8. The van der Waals surface area contributed by atoms with Crippen LogP contribution in [0.25, 0.3) is 0 Å². The van der Waals surface area contributed by atoms with Crippen molar-refractivity contribution < 1.29 is 21.6 Å². The molecule has 1 atom stereocenters. The van der Waals surface area contributed by atoms with Gasteiger partial charge in [0, 0.05) is 19.2 Å². The first kappa shape index (κ1) is 16.3. The van der Waals surface area contributed by atoms with Crippen LogP contribution in [0.2, 0.25) is 0 Å². The van der Waals surface area contributed by atoms with Crippen molar-refractivity contribution in [1.82, 2.24) is 15.1 Å². The third-order valence-corrected chi connectivity index (χ3v) is 6.19. The Hall–Kier alpha value is -1.09. The van der Waals surface area contributed by atoms with Gasteiger partial charge < -0.3 is 5.32 Å². The molecule has 1 aromatic heterocycles. The van der Waals surface area contributed by atoms with Crippen LogP contribution in [0, 0.1) is 5.92 Å². The number of nitrogens with one attached hydrogen (secondary N) is 1. The summed E-state index contributed by atoms with van der Waals surface area (Å²) < 4.78 is 66.8. The Morgan fingerprint density at radius 1 is 1.43 bits per heavy atom. The minimum Gasteiger partial charge on any atom is -0.317 e. The van der Waals surface area contributed by atoms with E-state index >= 15 is 0 Å². The number of aryl methyl sites for hydroxylation is 1. The average molecular weight is 325 g/mol. The standard InChI is InChI=1S/C12H18F3N3O2S/c1-12(15,8-3-5-16-6-4-8)21(19,20)9-7-18(2)17-10(9)11(13)14/h7-8,11,16H,3-6H2,1-2H3. The third-order valence-electron chi connectivity index (χ3n) is 3.91. The van der Waals surface area contributed by atoms with E-state index < -0.39 is 37.8 Å². The van der Waals surface area contributed by atoms with Gasteiger partial charge in [-0.3, -0.25) is 4.68 Å². The van der Waals surface area contributed by atoms with E-state index in [0.717, 1.165) is 17.8 Å². The second-order valence-corrected chi connectivity index (χ2v) is 7.61. The van der Waals surface area contributed by atoms with E-state index in [0.29, 0.717) is 25.9 Å². The molecule has 120 valence electrons. The minimum atomic E-state index is -4.55. The third kappa shape index (κ3) is 2.80. The van der Waals surface area contributed by atoms with Crippen LogP contribution in [0.15, 0.2) is 11.1 Å². The van der Waals surface area contributed by atoms with Crippen LogP contribution >= 0.6 is 0 Å². The lowest BCUT2D eigenvalue weighted by molar-refractivity contribution is 0.140. The largest absolute Gasteiger partial charge is 0.317 e. The van der Waals surface area contributed by atoms with Crippen LogP contribution in [0.4, 0.5) is 13.2 Å². The van der Waals surface area contributed by atoms with Gasteiger partial charge in [0.05, 0.1) is 0 Å². The van der Waals surface area contributed by atoms with Crippen molar-refractivity contribution in [3.63, 3.8) is 0 Å². The molecule has 1 aromatic rings. The van der Waals surface area contributed by atoms with Gasteiger partial charge in [0.15, 0.2) is 0 Å². The van der Waals surface area contributed by atoms with E-state index in [1.165, 1.54) is 7.05 Å². The van der Waals surface area contributed by atoms with E-state index in [-0.39, 0.29) is 0 Å². The molecule has 0 saturated carbocycles. The Morgan fingerprint density at radius 3 is 2.52 bits per heavy atom. The lowest BCUT2D eigenvalue weighted by Crippen LogP contribution is -2.44. The summed E-state index contributed by atoms with van der Waals surface area (Å²) in [4.78, 5) is -0.719. The normalized spacial score (nSPS) is 20.7. The maximum Gasteiger partial charge on any atom is 0.283 e. The number of nitrogens with zero attached hydrogens (tertiary/aromatic N) is 2. The van der Waals surface area contributed by atoms with Crippen LogP contribution in [-0.4, -0.2) is 36.3 Å². The molecule has 0 amide bonds. The van der Waals surface area contributed by atoms with E-state index in [2.05, 4.69) is 10.4 Å². The Kier molecular flexibility index (Phi) is 4.34. The maximum atomic E-state index is 15.0. The lowest BCUT2D eigenvalue weighted by atomic mass is 9.93. The summed E-state index contributed by atoms with van der Waals surface area (Å²) >= 11 is 0. The van der Waals surface area contributed by atoms with Crippen LogP contribution in [0.1, 0.15) is 31.9 Å². The molecule has 2 rings (SSSR count). The molecule has 0 radical (unpaired) electrons. The van der Waals surface area contributed by atoms with Crippen molar-refractivity contribution in [2.45, 2.75) is 36.1 Å². The molecule has 1 unspecified atom stereocenters. The number of rotatable bonds is 4. The number of piperidine rings is 1. The smallest absolute Gasteiger partial charge is 0.283 e. The minimum absolute atomic E-state index is 0.344. The van der Waals surface area contributed by atoms with Gasteiger partial charge in [0.2, 0.25) is 14.8 Å². The van der Waals surface area contributed by atoms with Crippen LogP contribution < -0.4 is 5.32 Å². The second-order valence-electron chi connectivity index (χ2n) is 5.37. The van der Waals surface area contributed by atoms with Crippen molar-refractivity contribution in [2.24, 2.45) is 13.0 Å². The SMILES string of the molecule is Cn1cc(S(=O)(=O)C(C)(F)C2CCNCC2)c(C(F)F)n1. The van der Waals surface area contributed by atoms with Crippen molar-refractivity contribution in [2.75, 3.05) is 13.1 Å². The Labute approximate surface area is 121 Å². The van der Waals surface area contributed by atoms with E-state index in [4.69, 9.17) is 0 Å². The molecule has 1 aliphatic rings. The maximum absolute atomic E-state index is 15.0. The average Bonchev–Trinajstić information content (AvgIpc) is 2.82. The molecular weight excluding hydrogens is 307 g/mol. The molecule has 21 heavy (non-hydrogen) atoms. The summed E-state index contributed by atoms with van der Waals surface area (Å²) in [6, 6.07) is 0. The van der Waals surface area contributed by atoms with Gasteiger partial charge in [-0.05, 0) is 32.9 Å². The molecule has 0 spiro atoms. The Morgan fingerprint density at radius 2 is 2.00 bits per heavy atom. The Balaban J connectivity index is 2.45. The summed E-state index contributed by atoms with van der Waals surface area (Å²) in [6.45, 7) is 1.98. The summed E-state index contributed by atoms with van der Waals surface area (Å²) in [5.41, 5.74) is -0.893. The van der Waals surface area contributed by atoms with Gasteiger partial charge >= 0.3 is 0 Å². The zero-order valence-corrected chi connectivity index (χ0v) is 12.6. The van der Waals surface area contributed by atoms with Gasteiger partial charge in [0.25, 0.3) is 6.43 Å². The summed E-state index contributed by atoms with van der Waals surface area (Å²) in [7, 11) is -3.23. The fraction of sp³-hybridized carbons (Fsp3) is 0.750. The predicted molar refractivity (Wildman–Crippen MR) is 70.5 cm³/mol. The number of sulfone groups is 1.